The summed E-state index contributed by atoms with van der Waals surface area (Å²) in [5.41, 5.74) is -0.0753. The summed E-state index contributed by atoms with van der Waals surface area (Å²) < 4.78 is 0. The molecule has 1 amide bonds. The first-order chi connectivity index (χ1) is 11.1. The summed E-state index contributed by atoms with van der Waals surface area (Å²) in [6, 6.07) is 5.66. The van der Waals surface area contributed by atoms with E-state index in [1.807, 2.05) is 20.8 Å². The second kappa shape index (κ2) is 6.27. The molecule has 24 heavy (non-hydrogen) atoms. The van der Waals surface area contributed by atoms with Crippen molar-refractivity contribution in [3.05, 3.63) is 57.3 Å². The molecular formula is C17H19N3O4. The number of carboxylic acids is 1. The SMILES string of the molecule is Cc1nc(C(C)(C)C)[nH]c(=O)c1C(=O)Nc1ccc(C(=O)O)cc1. The summed E-state index contributed by atoms with van der Waals surface area (Å²) >= 11 is 0. The first-order valence-electron chi connectivity index (χ1n) is 7.35. The summed E-state index contributed by atoms with van der Waals surface area (Å²) in [5.74, 6) is -1.14. The lowest BCUT2D eigenvalue weighted by atomic mass is 9.95. The molecule has 7 nitrogen and oxygen atoms in total. The van der Waals surface area contributed by atoms with Crippen molar-refractivity contribution in [1.29, 1.82) is 0 Å². The normalized spacial score (nSPS) is 11.2. The van der Waals surface area contributed by atoms with Crippen LogP contribution in [0.3, 0.4) is 0 Å². The van der Waals surface area contributed by atoms with Gasteiger partial charge in [0.15, 0.2) is 0 Å². The lowest BCUT2D eigenvalue weighted by Gasteiger charge is -2.18. The van der Waals surface area contributed by atoms with Gasteiger partial charge in [-0.1, -0.05) is 20.8 Å². The number of aromatic amines is 1. The number of benzene rings is 1. The van der Waals surface area contributed by atoms with Crippen LogP contribution in [0.15, 0.2) is 29.1 Å². The number of aromatic nitrogens is 2. The topological polar surface area (TPSA) is 112 Å². The number of nitrogens with zero attached hydrogens (tertiary/aromatic N) is 1. The second-order valence-corrected chi connectivity index (χ2v) is 6.46. The van der Waals surface area contributed by atoms with Gasteiger partial charge >= 0.3 is 5.97 Å². The molecule has 0 aliphatic heterocycles. The van der Waals surface area contributed by atoms with E-state index in [4.69, 9.17) is 5.11 Å². The zero-order chi connectivity index (χ0) is 18.1. The molecule has 1 aromatic carbocycles. The number of carbonyl (C=O) groups excluding carboxylic acids is 1. The number of nitrogens with one attached hydrogen (secondary N) is 2. The maximum Gasteiger partial charge on any atom is 0.335 e. The quantitative estimate of drug-likeness (QED) is 0.800. The van der Waals surface area contributed by atoms with Crippen molar-refractivity contribution in [2.45, 2.75) is 33.1 Å². The molecule has 0 bridgehead atoms. The predicted molar refractivity (Wildman–Crippen MR) is 89.6 cm³/mol. The molecule has 0 radical (unpaired) electrons. The zero-order valence-corrected chi connectivity index (χ0v) is 13.9. The molecule has 0 spiro atoms. The predicted octanol–water partition coefficient (Wildman–Crippen LogP) is 2.33. The Hall–Kier alpha value is -2.96. The summed E-state index contributed by atoms with van der Waals surface area (Å²) in [6.07, 6.45) is 0. The van der Waals surface area contributed by atoms with Crippen LogP contribution in [0.25, 0.3) is 0 Å². The molecule has 2 aromatic rings. The highest BCUT2D eigenvalue weighted by Gasteiger charge is 2.22. The van der Waals surface area contributed by atoms with Gasteiger partial charge in [0.05, 0.1) is 11.3 Å². The minimum absolute atomic E-state index is 0.0645. The van der Waals surface area contributed by atoms with Gasteiger partial charge in [-0.2, -0.15) is 0 Å². The molecule has 3 N–H and O–H groups in total. The van der Waals surface area contributed by atoms with E-state index in [0.717, 1.165) is 0 Å². The number of aryl methyl sites for hydroxylation is 1. The Labute approximate surface area is 138 Å². The number of anilines is 1. The van der Waals surface area contributed by atoms with E-state index in [1.54, 1.807) is 6.92 Å². The molecule has 1 heterocycles. The maximum atomic E-state index is 12.3. The van der Waals surface area contributed by atoms with Crippen molar-refractivity contribution in [1.82, 2.24) is 9.97 Å². The van der Waals surface area contributed by atoms with Crippen LogP contribution in [0, 0.1) is 6.92 Å². The Morgan fingerprint density at radius 1 is 1.17 bits per heavy atom. The van der Waals surface area contributed by atoms with Crippen molar-refractivity contribution in [3.63, 3.8) is 0 Å². The molecule has 0 atom stereocenters. The molecule has 0 aliphatic carbocycles. The maximum absolute atomic E-state index is 12.3. The third-order valence-corrected chi connectivity index (χ3v) is 3.43. The second-order valence-electron chi connectivity index (χ2n) is 6.46. The summed E-state index contributed by atoms with van der Waals surface area (Å²) in [5, 5.41) is 11.4. The van der Waals surface area contributed by atoms with Gasteiger partial charge < -0.3 is 15.4 Å². The fourth-order valence-corrected chi connectivity index (χ4v) is 2.10. The van der Waals surface area contributed by atoms with Crippen LogP contribution in [0.2, 0.25) is 0 Å². The highest BCUT2D eigenvalue weighted by Crippen LogP contribution is 2.18. The number of hydrogen-bond acceptors (Lipinski definition) is 4. The van der Waals surface area contributed by atoms with E-state index < -0.39 is 17.4 Å². The van der Waals surface area contributed by atoms with E-state index in [9.17, 15) is 14.4 Å². The summed E-state index contributed by atoms with van der Waals surface area (Å²) in [7, 11) is 0. The molecule has 1 aromatic heterocycles. The monoisotopic (exact) mass is 329 g/mol. The molecule has 0 aliphatic rings. The first-order valence-corrected chi connectivity index (χ1v) is 7.35. The molecule has 7 heteroatoms. The Kier molecular flexibility index (Phi) is 4.54. The molecular weight excluding hydrogens is 310 g/mol. The summed E-state index contributed by atoms with van der Waals surface area (Å²) in [4.78, 5) is 42.4. The standard InChI is InChI=1S/C17H19N3O4/c1-9-12(14(22)20-16(18-9)17(2,3)4)13(21)19-11-7-5-10(6-8-11)15(23)24/h5-8H,1-4H3,(H,19,21)(H,23,24)(H,18,20,22). The van der Waals surface area contributed by atoms with Crippen LogP contribution < -0.4 is 10.9 Å². The third kappa shape index (κ3) is 3.68. The van der Waals surface area contributed by atoms with Crippen LogP contribution in [0.4, 0.5) is 5.69 Å². The van der Waals surface area contributed by atoms with Crippen molar-refractivity contribution in [3.8, 4) is 0 Å². The van der Waals surface area contributed by atoms with Crippen LogP contribution in [0.5, 0.6) is 0 Å². The highest BCUT2D eigenvalue weighted by atomic mass is 16.4. The molecule has 0 fully saturated rings. The van der Waals surface area contributed by atoms with Gasteiger partial charge in [-0.15, -0.1) is 0 Å². The Bertz CT molecular complexity index is 846. The van der Waals surface area contributed by atoms with Crippen LogP contribution in [0.1, 0.15) is 53.0 Å². The first kappa shape index (κ1) is 17.4. The lowest BCUT2D eigenvalue weighted by Crippen LogP contribution is -2.30. The number of H-pyrrole nitrogens is 1. The van der Waals surface area contributed by atoms with Gasteiger partial charge in [0.2, 0.25) is 0 Å². The van der Waals surface area contributed by atoms with E-state index >= 15 is 0 Å². The Balaban J connectivity index is 2.30. The molecule has 126 valence electrons. The third-order valence-electron chi connectivity index (χ3n) is 3.43. The van der Waals surface area contributed by atoms with Gasteiger partial charge in [0, 0.05) is 11.1 Å². The molecule has 0 unspecified atom stereocenters. The Morgan fingerprint density at radius 3 is 2.21 bits per heavy atom. The van der Waals surface area contributed by atoms with Crippen molar-refractivity contribution >= 4 is 17.6 Å². The average Bonchev–Trinajstić information content (AvgIpc) is 2.46. The van der Waals surface area contributed by atoms with Gasteiger partial charge in [-0.05, 0) is 31.2 Å². The van der Waals surface area contributed by atoms with Gasteiger partial charge in [0.1, 0.15) is 11.4 Å². The molecule has 0 saturated heterocycles. The van der Waals surface area contributed by atoms with Crippen LogP contribution >= 0.6 is 0 Å². The highest BCUT2D eigenvalue weighted by molar-refractivity contribution is 6.04. The minimum atomic E-state index is -1.05. The molecule has 2 rings (SSSR count). The van der Waals surface area contributed by atoms with Crippen LogP contribution in [-0.2, 0) is 5.41 Å². The van der Waals surface area contributed by atoms with Crippen molar-refractivity contribution < 1.29 is 14.7 Å². The minimum Gasteiger partial charge on any atom is -0.478 e. The van der Waals surface area contributed by atoms with Gasteiger partial charge in [-0.25, -0.2) is 9.78 Å². The average molecular weight is 329 g/mol. The largest absolute Gasteiger partial charge is 0.478 e. The fraction of sp³-hybridized carbons (Fsp3) is 0.294. The van der Waals surface area contributed by atoms with E-state index in [0.29, 0.717) is 17.2 Å². The zero-order valence-electron chi connectivity index (χ0n) is 13.9. The smallest absolute Gasteiger partial charge is 0.335 e. The van der Waals surface area contributed by atoms with Gasteiger partial charge in [-0.3, -0.25) is 9.59 Å². The number of rotatable bonds is 3. The van der Waals surface area contributed by atoms with Crippen molar-refractivity contribution in [2.75, 3.05) is 5.32 Å². The number of amides is 1. The number of carboxylic acid groups (broad SMARTS) is 1. The van der Waals surface area contributed by atoms with Crippen molar-refractivity contribution in [2.24, 2.45) is 0 Å². The van der Waals surface area contributed by atoms with E-state index in [1.165, 1.54) is 24.3 Å². The number of carbonyl (C=O) groups is 2. The van der Waals surface area contributed by atoms with E-state index in [-0.39, 0.29) is 16.5 Å². The number of hydrogen-bond donors (Lipinski definition) is 3. The molecule has 0 saturated carbocycles. The summed E-state index contributed by atoms with van der Waals surface area (Å²) in [6.45, 7) is 7.34. The number of aromatic carboxylic acids is 1. The fourth-order valence-electron chi connectivity index (χ4n) is 2.10. The van der Waals surface area contributed by atoms with Gasteiger partial charge in [0.25, 0.3) is 11.5 Å². The Morgan fingerprint density at radius 2 is 1.75 bits per heavy atom. The van der Waals surface area contributed by atoms with E-state index in [2.05, 4.69) is 15.3 Å². The van der Waals surface area contributed by atoms with Crippen LogP contribution in [-0.4, -0.2) is 27.0 Å². The lowest BCUT2D eigenvalue weighted by molar-refractivity contribution is 0.0696.